The number of benzene rings is 1. The molecule has 0 radical (unpaired) electrons. The van der Waals surface area contributed by atoms with Crippen LogP contribution in [0, 0.1) is 0 Å². The molecule has 0 aromatic heterocycles. The average molecular weight is 247 g/mol. The first-order valence-electron chi connectivity index (χ1n) is 4.96. The number of rotatable bonds is 4. The Bertz CT molecular complexity index is 365. The molecule has 1 atom stereocenters. The van der Waals surface area contributed by atoms with Gasteiger partial charge < -0.3 is 10.4 Å². The zero-order valence-electron chi connectivity index (χ0n) is 8.87. The Labute approximate surface area is 96.3 Å². The molecular formula is C11H12F3NO2. The lowest BCUT2D eigenvalue weighted by atomic mass is 10.1. The van der Waals surface area contributed by atoms with Crippen molar-refractivity contribution in [2.45, 2.75) is 18.6 Å². The zero-order chi connectivity index (χ0) is 12.9. The van der Waals surface area contributed by atoms with Gasteiger partial charge in [-0.25, -0.2) is 0 Å². The van der Waals surface area contributed by atoms with Gasteiger partial charge in [0.25, 0.3) is 0 Å². The molecule has 0 aliphatic carbocycles. The highest BCUT2D eigenvalue weighted by Gasteiger charge is 2.39. The topological polar surface area (TPSA) is 49.3 Å². The van der Waals surface area contributed by atoms with Crippen LogP contribution in [0.1, 0.15) is 5.56 Å². The summed E-state index contributed by atoms with van der Waals surface area (Å²) in [4.78, 5) is 10.7. The lowest BCUT2D eigenvalue weighted by Gasteiger charge is -2.17. The van der Waals surface area contributed by atoms with Crippen molar-refractivity contribution in [3.8, 4) is 0 Å². The minimum Gasteiger partial charge on any atom is -0.394 e. The Kier molecular flexibility index (Phi) is 4.51. The summed E-state index contributed by atoms with van der Waals surface area (Å²) in [6.07, 6.45) is -4.77. The van der Waals surface area contributed by atoms with Crippen LogP contribution in [0.15, 0.2) is 30.3 Å². The predicted octanol–water partition coefficient (Wildman–Crippen LogP) is 1.27. The number of hydrogen-bond acceptors (Lipinski definition) is 2. The van der Waals surface area contributed by atoms with E-state index in [-0.39, 0.29) is 6.42 Å². The molecular weight excluding hydrogens is 235 g/mol. The van der Waals surface area contributed by atoms with E-state index >= 15 is 0 Å². The number of alkyl halides is 3. The van der Waals surface area contributed by atoms with E-state index in [4.69, 9.17) is 5.11 Å². The van der Waals surface area contributed by atoms with E-state index in [0.29, 0.717) is 0 Å². The summed E-state index contributed by atoms with van der Waals surface area (Å²) in [7, 11) is 0. The Morgan fingerprint density at radius 1 is 1.29 bits per heavy atom. The first-order chi connectivity index (χ1) is 7.93. The van der Waals surface area contributed by atoms with Crippen molar-refractivity contribution >= 4 is 5.91 Å². The van der Waals surface area contributed by atoms with Crippen molar-refractivity contribution < 1.29 is 23.1 Å². The SMILES string of the molecule is O=C(N[C@H](CO)Cc1ccccc1)C(F)(F)F. The Hall–Kier alpha value is -1.56. The molecule has 1 rings (SSSR count). The van der Waals surface area contributed by atoms with Crippen LogP contribution in [0.5, 0.6) is 0 Å². The molecule has 0 aliphatic heterocycles. The van der Waals surface area contributed by atoms with Crippen molar-refractivity contribution in [1.29, 1.82) is 0 Å². The molecule has 17 heavy (non-hydrogen) atoms. The third kappa shape index (κ3) is 4.44. The van der Waals surface area contributed by atoms with Gasteiger partial charge in [0.15, 0.2) is 0 Å². The van der Waals surface area contributed by atoms with Gasteiger partial charge in [0.1, 0.15) is 0 Å². The number of carbonyl (C=O) groups excluding carboxylic acids is 1. The van der Waals surface area contributed by atoms with E-state index in [0.717, 1.165) is 5.56 Å². The fourth-order valence-electron chi connectivity index (χ4n) is 1.33. The normalized spacial score (nSPS) is 13.2. The monoisotopic (exact) mass is 247 g/mol. The lowest BCUT2D eigenvalue weighted by molar-refractivity contribution is -0.174. The second kappa shape index (κ2) is 5.67. The van der Waals surface area contributed by atoms with Gasteiger partial charge >= 0.3 is 12.1 Å². The van der Waals surface area contributed by atoms with Gasteiger partial charge in [0.2, 0.25) is 0 Å². The number of halogens is 3. The van der Waals surface area contributed by atoms with Crippen LogP contribution >= 0.6 is 0 Å². The van der Waals surface area contributed by atoms with Crippen molar-refractivity contribution in [1.82, 2.24) is 5.32 Å². The van der Waals surface area contributed by atoms with Crippen LogP contribution < -0.4 is 5.32 Å². The molecule has 6 heteroatoms. The largest absolute Gasteiger partial charge is 0.471 e. The van der Waals surface area contributed by atoms with Crippen molar-refractivity contribution in [3.05, 3.63) is 35.9 Å². The summed E-state index contributed by atoms with van der Waals surface area (Å²) in [5.74, 6) is -2.03. The summed E-state index contributed by atoms with van der Waals surface area (Å²) in [5, 5.41) is 10.7. The molecule has 0 fully saturated rings. The number of hydrogen-bond donors (Lipinski definition) is 2. The van der Waals surface area contributed by atoms with E-state index in [1.165, 1.54) is 0 Å². The Balaban J connectivity index is 2.59. The molecule has 94 valence electrons. The standard InChI is InChI=1S/C11H12F3NO2/c12-11(13,14)10(17)15-9(7-16)6-8-4-2-1-3-5-8/h1-5,9,16H,6-7H2,(H,15,17)/t9-/m0/s1. The van der Waals surface area contributed by atoms with Crippen molar-refractivity contribution in [3.63, 3.8) is 0 Å². The van der Waals surface area contributed by atoms with E-state index in [1.807, 2.05) is 0 Å². The molecule has 0 bridgehead atoms. The number of aliphatic hydroxyl groups excluding tert-OH is 1. The van der Waals surface area contributed by atoms with Gasteiger partial charge in [0.05, 0.1) is 12.6 Å². The fourth-order valence-corrected chi connectivity index (χ4v) is 1.33. The maximum atomic E-state index is 12.0. The van der Waals surface area contributed by atoms with Crippen LogP contribution in [-0.2, 0) is 11.2 Å². The van der Waals surface area contributed by atoms with E-state index in [1.54, 1.807) is 35.6 Å². The van der Waals surface area contributed by atoms with Crippen LogP contribution in [-0.4, -0.2) is 29.8 Å². The minimum absolute atomic E-state index is 0.152. The zero-order valence-corrected chi connectivity index (χ0v) is 8.87. The van der Waals surface area contributed by atoms with Gasteiger partial charge in [-0.1, -0.05) is 30.3 Å². The molecule has 0 heterocycles. The predicted molar refractivity (Wildman–Crippen MR) is 55.2 cm³/mol. The fraction of sp³-hybridized carbons (Fsp3) is 0.364. The smallest absolute Gasteiger partial charge is 0.394 e. The number of amides is 1. The number of nitrogens with one attached hydrogen (secondary N) is 1. The third-order valence-corrected chi connectivity index (χ3v) is 2.14. The van der Waals surface area contributed by atoms with Gasteiger partial charge in [-0.2, -0.15) is 13.2 Å². The Morgan fingerprint density at radius 2 is 1.88 bits per heavy atom. The lowest BCUT2D eigenvalue weighted by Crippen LogP contribution is -2.45. The van der Waals surface area contributed by atoms with E-state index < -0.39 is 24.7 Å². The van der Waals surface area contributed by atoms with Crippen LogP contribution in [0.3, 0.4) is 0 Å². The summed E-state index contributed by atoms with van der Waals surface area (Å²) in [5.41, 5.74) is 0.744. The highest BCUT2D eigenvalue weighted by atomic mass is 19.4. The minimum atomic E-state index is -4.93. The van der Waals surface area contributed by atoms with Crippen LogP contribution in [0.2, 0.25) is 0 Å². The average Bonchev–Trinajstić information content (AvgIpc) is 2.28. The van der Waals surface area contributed by atoms with E-state index in [2.05, 4.69) is 0 Å². The van der Waals surface area contributed by atoms with Crippen molar-refractivity contribution in [2.75, 3.05) is 6.61 Å². The summed E-state index contributed by atoms with van der Waals surface area (Å²) in [6, 6.07) is 7.72. The first-order valence-corrected chi connectivity index (χ1v) is 4.96. The van der Waals surface area contributed by atoms with Gasteiger partial charge in [0, 0.05) is 0 Å². The molecule has 0 saturated carbocycles. The molecule has 0 saturated heterocycles. The van der Waals surface area contributed by atoms with Crippen molar-refractivity contribution in [2.24, 2.45) is 0 Å². The van der Waals surface area contributed by atoms with Crippen LogP contribution in [0.25, 0.3) is 0 Å². The Morgan fingerprint density at radius 3 is 2.35 bits per heavy atom. The number of aliphatic hydroxyl groups is 1. The van der Waals surface area contributed by atoms with Gasteiger partial charge in [-0.15, -0.1) is 0 Å². The maximum absolute atomic E-state index is 12.0. The van der Waals surface area contributed by atoms with E-state index in [9.17, 15) is 18.0 Å². The summed E-state index contributed by atoms with van der Waals surface area (Å²) >= 11 is 0. The van der Waals surface area contributed by atoms with Gasteiger partial charge in [-0.05, 0) is 12.0 Å². The maximum Gasteiger partial charge on any atom is 0.471 e. The summed E-state index contributed by atoms with van der Waals surface area (Å²) < 4.78 is 36.0. The van der Waals surface area contributed by atoms with Gasteiger partial charge in [-0.3, -0.25) is 4.79 Å². The third-order valence-electron chi connectivity index (χ3n) is 2.14. The molecule has 0 aliphatic rings. The quantitative estimate of drug-likeness (QED) is 0.841. The molecule has 0 spiro atoms. The molecule has 2 N–H and O–H groups in total. The second-order valence-corrected chi connectivity index (χ2v) is 3.54. The molecule has 0 unspecified atom stereocenters. The summed E-state index contributed by atoms with van der Waals surface area (Å²) in [6.45, 7) is -0.545. The molecule has 1 aromatic rings. The molecule has 1 aromatic carbocycles. The second-order valence-electron chi connectivity index (χ2n) is 3.54. The molecule has 1 amide bonds. The highest BCUT2D eigenvalue weighted by molar-refractivity contribution is 5.81. The highest BCUT2D eigenvalue weighted by Crippen LogP contribution is 2.15. The first kappa shape index (κ1) is 13.5. The molecule has 3 nitrogen and oxygen atoms in total. The van der Waals surface area contributed by atoms with Crippen LogP contribution in [0.4, 0.5) is 13.2 Å². The number of carbonyl (C=O) groups is 1.